The van der Waals surface area contributed by atoms with Crippen LogP contribution in [0.2, 0.25) is 0 Å². The molecule has 3 rings (SSSR count). The second-order valence-electron chi connectivity index (χ2n) is 6.60. The Balaban J connectivity index is 1.64. The van der Waals surface area contributed by atoms with Crippen LogP contribution >= 0.6 is 0 Å². The molecule has 0 bridgehead atoms. The second kappa shape index (κ2) is 7.20. The van der Waals surface area contributed by atoms with E-state index in [1.807, 2.05) is 30.5 Å². The van der Waals surface area contributed by atoms with Crippen LogP contribution in [0.3, 0.4) is 0 Å². The maximum atomic E-state index is 15.2. The highest BCUT2D eigenvalue weighted by Crippen LogP contribution is 2.38. The lowest BCUT2D eigenvalue weighted by Crippen LogP contribution is -2.44. The molecule has 1 atom stereocenters. The number of amides is 1. The first-order valence-electron chi connectivity index (χ1n) is 8.79. The molecular formula is C20H25FN2O. The van der Waals surface area contributed by atoms with Crippen LogP contribution in [0.25, 0.3) is 0 Å². The first kappa shape index (κ1) is 16.7. The Labute approximate surface area is 143 Å². The molecular weight excluding hydrogens is 303 g/mol. The minimum Gasteiger partial charge on any atom is -0.374 e. The molecule has 1 fully saturated rings. The zero-order chi connectivity index (χ0) is 17.0. The largest absolute Gasteiger partial charge is 0.374 e. The molecule has 0 aliphatic carbocycles. The third kappa shape index (κ3) is 3.53. The molecule has 2 heterocycles. The molecule has 0 spiro atoms. The van der Waals surface area contributed by atoms with Crippen LogP contribution in [-0.2, 0) is 10.5 Å². The van der Waals surface area contributed by atoms with Crippen LogP contribution in [0.15, 0.2) is 54.4 Å². The molecule has 1 amide bonds. The predicted molar refractivity (Wildman–Crippen MR) is 93.9 cm³/mol. The van der Waals surface area contributed by atoms with E-state index in [9.17, 15) is 4.79 Å². The minimum atomic E-state index is -1.54. The Hall–Kier alpha value is -2.10. The first-order chi connectivity index (χ1) is 11.6. The van der Waals surface area contributed by atoms with Gasteiger partial charge in [0.25, 0.3) is 0 Å². The van der Waals surface area contributed by atoms with Crippen molar-refractivity contribution in [3.05, 3.63) is 59.9 Å². The highest BCUT2D eigenvalue weighted by molar-refractivity contribution is 5.81. The van der Waals surface area contributed by atoms with Crippen LogP contribution in [0, 0.1) is 0 Å². The predicted octanol–water partition coefficient (Wildman–Crippen LogP) is 3.99. The molecule has 4 heteroatoms. The average molecular weight is 328 g/mol. The lowest BCUT2D eigenvalue weighted by molar-refractivity contribution is -0.136. The molecule has 2 aliphatic heterocycles. The van der Waals surface area contributed by atoms with E-state index in [-0.39, 0.29) is 12.3 Å². The van der Waals surface area contributed by atoms with Crippen molar-refractivity contribution in [3.63, 3.8) is 0 Å². The number of allylic oxidation sites excluding steroid dienone is 1. The van der Waals surface area contributed by atoms with Crippen LogP contribution in [0.5, 0.6) is 0 Å². The van der Waals surface area contributed by atoms with Crippen LogP contribution in [0.4, 0.5) is 4.39 Å². The molecule has 128 valence electrons. The highest BCUT2D eigenvalue weighted by atomic mass is 19.1. The summed E-state index contributed by atoms with van der Waals surface area (Å²) in [6.07, 6.45) is 8.69. The Morgan fingerprint density at radius 3 is 2.67 bits per heavy atom. The molecule has 0 radical (unpaired) electrons. The summed E-state index contributed by atoms with van der Waals surface area (Å²) in [6.45, 7) is 4.45. The van der Waals surface area contributed by atoms with E-state index in [0.717, 1.165) is 25.2 Å². The van der Waals surface area contributed by atoms with Gasteiger partial charge in [-0.3, -0.25) is 4.79 Å². The molecule has 1 aromatic carbocycles. The van der Waals surface area contributed by atoms with E-state index in [0.29, 0.717) is 18.5 Å². The van der Waals surface area contributed by atoms with Crippen LogP contribution in [-0.4, -0.2) is 35.3 Å². The fourth-order valence-corrected chi connectivity index (χ4v) is 3.34. The van der Waals surface area contributed by atoms with Crippen molar-refractivity contribution in [1.82, 2.24) is 9.80 Å². The van der Waals surface area contributed by atoms with Gasteiger partial charge in [0.15, 0.2) is 0 Å². The third-order valence-corrected chi connectivity index (χ3v) is 4.86. The van der Waals surface area contributed by atoms with Crippen molar-refractivity contribution >= 4 is 5.91 Å². The summed E-state index contributed by atoms with van der Waals surface area (Å²) in [7, 11) is 0. The molecule has 3 nitrogen and oxygen atoms in total. The van der Waals surface area contributed by atoms with E-state index in [2.05, 4.69) is 17.9 Å². The van der Waals surface area contributed by atoms with Gasteiger partial charge in [-0.1, -0.05) is 43.7 Å². The topological polar surface area (TPSA) is 23.6 Å². The summed E-state index contributed by atoms with van der Waals surface area (Å²) in [5.41, 5.74) is -0.0271. The fourth-order valence-electron chi connectivity index (χ4n) is 3.34. The smallest absolute Gasteiger partial charge is 0.230 e. The number of halogens is 1. The van der Waals surface area contributed by atoms with E-state index in [1.54, 1.807) is 17.0 Å². The van der Waals surface area contributed by atoms with Gasteiger partial charge in [0.2, 0.25) is 5.91 Å². The van der Waals surface area contributed by atoms with E-state index >= 15 is 4.39 Å². The highest BCUT2D eigenvalue weighted by Gasteiger charge is 2.41. The van der Waals surface area contributed by atoms with Crippen molar-refractivity contribution in [2.75, 3.05) is 19.6 Å². The summed E-state index contributed by atoms with van der Waals surface area (Å²) in [4.78, 5) is 16.5. The van der Waals surface area contributed by atoms with E-state index < -0.39 is 5.67 Å². The van der Waals surface area contributed by atoms with Crippen molar-refractivity contribution in [2.45, 2.75) is 38.3 Å². The normalized spacial score (nSPS) is 24.2. The zero-order valence-corrected chi connectivity index (χ0v) is 14.2. The van der Waals surface area contributed by atoms with Gasteiger partial charge in [-0.15, -0.1) is 0 Å². The molecule has 1 saturated heterocycles. The Bertz CT molecular complexity index is 640. The quantitative estimate of drug-likeness (QED) is 0.816. The number of unbranched alkanes of at least 4 members (excludes halogenated alkanes) is 1. The SMILES string of the molecule is CCCCN1C=CC(N2CCC(F)(c3ccccc3)CC2=O)=CC1. The minimum absolute atomic E-state index is 0.0816. The van der Waals surface area contributed by atoms with Gasteiger partial charge >= 0.3 is 0 Å². The van der Waals surface area contributed by atoms with Gasteiger partial charge in [-0.2, -0.15) is 0 Å². The van der Waals surface area contributed by atoms with Gasteiger partial charge in [0.1, 0.15) is 5.67 Å². The van der Waals surface area contributed by atoms with E-state index in [1.165, 1.54) is 6.42 Å². The summed E-state index contributed by atoms with van der Waals surface area (Å²) < 4.78 is 15.2. The first-order valence-corrected chi connectivity index (χ1v) is 8.79. The lowest BCUT2D eigenvalue weighted by Gasteiger charge is -2.37. The number of hydrogen-bond donors (Lipinski definition) is 0. The fraction of sp³-hybridized carbons (Fsp3) is 0.450. The number of carbonyl (C=O) groups is 1. The van der Waals surface area contributed by atoms with Gasteiger partial charge in [-0.25, -0.2) is 4.39 Å². The van der Waals surface area contributed by atoms with Crippen LogP contribution < -0.4 is 0 Å². The van der Waals surface area contributed by atoms with Crippen LogP contribution in [0.1, 0.15) is 38.2 Å². The van der Waals surface area contributed by atoms with Crippen molar-refractivity contribution in [2.24, 2.45) is 0 Å². The van der Waals surface area contributed by atoms with Gasteiger partial charge in [-0.05, 0) is 24.1 Å². The molecule has 24 heavy (non-hydrogen) atoms. The number of hydrogen-bond acceptors (Lipinski definition) is 2. The molecule has 1 aromatic rings. The molecule has 2 aliphatic rings. The molecule has 1 unspecified atom stereocenters. The maximum Gasteiger partial charge on any atom is 0.230 e. The van der Waals surface area contributed by atoms with Crippen molar-refractivity contribution < 1.29 is 9.18 Å². The zero-order valence-electron chi connectivity index (χ0n) is 14.2. The summed E-state index contributed by atoms with van der Waals surface area (Å²) in [5, 5.41) is 0. The average Bonchev–Trinajstić information content (AvgIpc) is 2.61. The second-order valence-corrected chi connectivity index (χ2v) is 6.60. The Kier molecular flexibility index (Phi) is 5.03. The summed E-state index contributed by atoms with van der Waals surface area (Å²) >= 11 is 0. The van der Waals surface area contributed by atoms with E-state index in [4.69, 9.17) is 0 Å². The Morgan fingerprint density at radius 1 is 1.25 bits per heavy atom. The monoisotopic (exact) mass is 328 g/mol. The molecule has 0 aromatic heterocycles. The number of carbonyl (C=O) groups excluding carboxylic acids is 1. The summed E-state index contributed by atoms with van der Waals surface area (Å²) in [5.74, 6) is -0.134. The Morgan fingerprint density at radius 2 is 2.04 bits per heavy atom. The molecule has 0 saturated carbocycles. The summed E-state index contributed by atoms with van der Waals surface area (Å²) in [6, 6.07) is 9.06. The van der Waals surface area contributed by atoms with Crippen molar-refractivity contribution in [3.8, 4) is 0 Å². The van der Waals surface area contributed by atoms with Gasteiger partial charge in [0, 0.05) is 38.0 Å². The van der Waals surface area contributed by atoms with Gasteiger partial charge < -0.3 is 9.80 Å². The number of rotatable bonds is 5. The number of benzene rings is 1. The molecule has 0 N–H and O–H groups in total. The maximum absolute atomic E-state index is 15.2. The van der Waals surface area contributed by atoms with Gasteiger partial charge in [0.05, 0.1) is 6.42 Å². The standard InChI is InChI=1S/C20H25FN2O/c1-2-3-12-22-13-9-18(10-14-22)23-15-11-20(21,16-19(23)24)17-7-5-4-6-8-17/h4-10,13H,2-3,11-12,14-16H2,1H3. The number of alkyl halides is 1. The third-order valence-electron chi connectivity index (χ3n) is 4.86. The van der Waals surface area contributed by atoms with Crippen molar-refractivity contribution in [1.29, 1.82) is 0 Å². The number of piperidine rings is 1. The lowest BCUT2D eigenvalue weighted by atomic mass is 9.85. The number of likely N-dealkylation sites (tertiary alicyclic amines) is 1. The number of nitrogens with zero attached hydrogens (tertiary/aromatic N) is 2.